The Bertz CT molecular complexity index is 367. The van der Waals surface area contributed by atoms with Crippen molar-refractivity contribution in [1.29, 1.82) is 0 Å². The topological polar surface area (TPSA) is 51.8 Å². The van der Waals surface area contributed by atoms with Crippen molar-refractivity contribution in [2.45, 2.75) is 46.0 Å². The van der Waals surface area contributed by atoms with Crippen LogP contribution in [0.2, 0.25) is 5.15 Å². The monoisotopic (exact) mass is 227 g/mol. The Morgan fingerprint density at radius 3 is 2.13 bits per heavy atom. The molecule has 0 amide bonds. The molecule has 0 aliphatic rings. The quantitative estimate of drug-likeness (QED) is 0.750. The summed E-state index contributed by atoms with van der Waals surface area (Å²) in [7, 11) is 0. The minimum Gasteiger partial charge on any atom is -0.368 e. The van der Waals surface area contributed by atoms with Crippen LogP contribution in [0.25, 0.3) is 0 Å². The van der Waals surface area contributed by atoms with Crippen LogP contribution in [0, 0.1) is 0 Å². The molecule has 0 aliphatic carbocycles. The fraction of sp³-hybridized carbons (Fsp3) is 0.636. The summed E-state index contributed by atoms with van der Waals surface area (Å²) in [4.78, 5) is 8.31. The number of nitrogens with two attached hydrogens (primary N) is 1. The van der Waals surface area contributed by atoms with Crippen LogP contribution in [-0.2, 0) is 5.41 Å². The number of aromatic nitrogens is 2. The van der Waals surface area contributed by atoms with Crippen molar-refractivity contribution in [3.63, 3.8) is 0 Å². The minimum absolute atomic E-state index is 0.0691. The first kappa shape index (κ1) is 12.2. The smallest absolute Gasteiger partial charge is 0.221 e. The number of anilines is 1. The number of nitrogen functional groups attached to an aromatic ring is 1. The van der Waals surface area contributed by atoms with Crippen molar-refractivity contribution in [2.75, 3.05) is 5.73 Å². The highest BCUT2D eigenvalue weighted by molar-refractivity contribution is 6.30. The van der Waals surface area contributed by atoms with E-state index in [1.807, 2.05) is 0 Å². The van der Waals surface area contributed by atoms with Gasteiger partial charge >= 0.3 is 0 Å². The molecule has 0 spiro atoms. The number of halogens is 1. The zero-order chi connectivity index (χ0) is 11.8. The van der Waals surface area contributed by atoms with E-state index in [1.54, 1.807) is 0 Å². The molecular weight excluding hydrogens is 210 g/mol. The molecule has 0 saturated carbocycles. The van der Waals surface area contributed by atoms with Gasteiger partial charge in [-0.3, -0.25) is 0 Å². The predicted molar refractivity (Wildman–Crippen MR) is 64.2 cm³/mol. The largest absolute Gasteiger partial charge is 0.368 e. The number of rotatable bonds is 1. The summed E-state index contributed by atoms with van der Waals surface area (Å²) in [6.07, 6.45) is 0. The SMILES string of the molecule is CC(C)c1c(Cl)nc(N)nc1C(C)(C)C. The number of hydrogen-bond acceptors (Lipinski definition) is 3. The van der Waals surface area contributed by atoms with Gasteiger partial charge in [-0.2, -0.15) is 0 Å². The molecule has 1 rings (SSSR count). The average Bonchev–Trinajstić information content (AvgIpc) is 1.99. The zero-order valence-electron chi connectivity index (χ0n) is 9.93. The minimum atomic E-state index is -0.0691. The molecule has 0 atom stereocenters. The first-order valence-corrected chi connectivity index (χ1v) is 5.44. The van der Waals surface area contributed by atoms with Crippen LogP contribution in [0.1, 0.15) is 51.8 Å². The third kappa shape index (κ3) is 2.59. The summed E-state index contributed by atoms with van der Waals surface area (Å²) in [5, 5.41) is 0.474. The molecule has 0 bridgehead atoms. The van der Waals surface area contributed by atoms with Gasteiger partial charge in [0.05, 0.1) is 5.69 Å². The van der Waals surface area contributed by atoms with E-state index in [2.05, 4.69) is 44.6 Å². The van der Waals surface area contributed by atoms with Gasteiger partial charge in [0.25, 0.3) is 0 Å². The van der Waals surface area contributed by atoms with Crippen LogP contribution < -0.4 is 5.73 Å². The van der Waals surface area contributed by atoms with Gasteiger partial charge in [0.2, 0.25) is 5.95 Å². The summed E-state index contributed by atoms with van der Waals surface area (Å²) < 4.78 is 0. The molecule has 1 aromatic heterocycles. The Balaban J connectivity index is 3.47. The molecule has 1 aromatic rings. The Morgan fingerprint density at radius 1 is 1.20 bits per heavy atom. The first-order valence-electron chi connectivity index (χ1n) is 5.07. The molecular formula is C11H18ClN3. The molecule has 3 nitrogen and oxygen atoms in total. The predicted octanol–water partition coefficient (Wildman–Crippen LogP) is 3.13. The van der Waals surface area contributed by atoms with Crippen molar-refractivity contribution < 1.29 is 0 Å². The van der Waals surface area contributed by atoms with E-state index < -0.39 is 0 Å². The normalized spacial score (nSPS) is 12.2. The molecule has 84 valence electrons. The molecule has 0 unspecified atom stereocenters. The van der Waals surface area contributed by atoms with Gasteiger partial charge < -0.3 is 5.73 Å². The molecule has 0 radical (unpaired) electrons. The van der Waals surface area contributed by atoms with E-state index >= 15 is 0 Å². The van der Waals surface area contributed by atoms with E-state index in [0.29, 0.717) is 11.1 Å². The number of nitrogens with zero attached hydrogens (tertiary/aromatic N) is 2. The average molecular weight is 228 g/mol. The molecule has 0 saturated heterocycles. The van der Waals surface area contributed by atoms with Crippen LogP contribution in [0.5, 0.6) is 0 Å². The second-order valence-electron chi connectivity index (χ2n) is 5.04. The van der Waals surface area contributed by atoms with E-state index in [0.717, 1.165) is 11.3 Å². The maximum Gasteiger partial charge on any atom is 0.221 e. The van der Waals surface area contributed by atoms with E-state index in [-0.39, 0.29) is 11.4 Å². The van der Waals surface area contributed by atoms with Crippen LogP contribution in [-0.4, -0.2) is 9.97 Å². The lowest BCUT2D eigenvalue weighted by molar-refractivity contribution is 0.553. The highest BCUT2D eigenvalue weighted by atomic mass is 35.5. The molecule has 0 aliphatic heterocycles. The Hall–Kier alpha value is -0.830. The molecule has 2 N–H and O–H groups in total. The van der Waals surface area contributed by atoms with Gasteiger partial charge in [-0.25, -0.2) is 9.97 Å². The van der Waals surface area contributed by atoms with Crippen LogP contribution in [0.3, 0.4) is 0 Å². The highest BCUT2D eigenvalue weighted by Crippen LogP contribution is 2.33. The highest BCUT2D eigenvalue weighted by Gasteiger charge is 2.24. The van der Waals surface area contributed by atoms with Crippen LogP contribution in [0.4, 0.5) is 5.95 Å². The van der Waals surface area contributed by atoms with Crippen LogP contribution in [0.15, 0.2) is 0 Å². The van der Waals surface area contributed by atoms with Gasteiger partial charge in [-0.05, 0) is 5.92 Å². The molecule has 1 heterocycles. The third-order valence-electron chi connectivity index (χ3n) is 2.20. The van der Waals surface area contributed by atoms with Crippen molar-refractivity contribution >= 4 is 17.5 Å². The lowest BCUT2D eigenvalue weighted by Crippen LogP contribution is -2.19. The third-order valence-corrected chi connectivity index (χ3v) is 2.49. The van der Waals surface area contributed by atoms with Gasteiger partial charge in [0.15, 0.2) is 0 Å². The van der Waals surface area contributed by atoms with E-state index in [4.69, 9.17) is 17.3 Å². The van der Waals surface area contributed by atoms with Gasteiger partial charge in [-0.1, -0.05) is 46.2 Å². The van der Waals surface area contributed by atoms with Gasteiger partial charge in [0.1, 0.15) is 5.15 Å². The summed E-state index contributed by atoms with van der Waals surface area (Å²) in [5.74, 6) is 0.543. The maximum absolute atomic E-state index is 6.10. The molecule has 15 heavy (non-hydrogen) atoms. The zero-order valence-corrected chi connectivity index (χ0v) is 10.7. The second-order valence-corrected chi connectivity index (χ2v) is 5.40. The van der Waals surface area contributed by atoms with Crippen molar-refractivity contribution in [3.8, 4) is 0 Å². The Labute approximate surface area is 96.1 Å². The molecule has 4 heteroatoms. The summed E-state index contributed by atoms with van der Waals surface area (Å²) in [5.41, 5.74) is 7.49. The molecule has 0 fully saturated rings. The van der Waals surface area contributed by atoms with E-state index in [1.165, 1.54) is 0 Å². The maximum atomic E-state index is 6.10. The lowest BCUT2D eigenvalue weighted by atomic mass is 9.85. The van der Waals surface area contributed by atoms with Crippen molar-refractivity contribution in [3.05, 3.63) is 16.4 Å². The Kier molecular flexibility index (Phi) is 3.24. The summed E-state index contributed by atoms with van der Waals surface area (Å²) in [6.45, 7) is 10.4. The fourth-order valence-electron chi connectivity index (χ4n) is 1.54. The summed E-state index contributed by atoms with van der Waals surface area (Å²) >= 11 is 6.10. The lowest BCUT2D eigenvalue weighted by Gasteiger charge is -2.24. The fourth-order valence-corrected chi connectivity index (χ4v) is 1.94. The molecule has 0 aromatic carbocycles. The van der Waals surface area contributed by atoms with Gasteiger partial charge in [0, 0.05) is 11.0 Å². The van der Waals surface area contributed by atoms with Gasteiger partial charge in [-0.15, -0.1) is 0 Å². The number of hydrogen-bond donors (Lipinski definition) is 1. The van der Waals surface area contributed by atoms with Crippen molar-refractivity contribution in [1.82, 2.24) is 9.97 Å². The van der Waals surface area contributed by atoms with Crippen LogP contribution >= 0.6 is 11.6 Å². The first-order chi connectivity index (χ1) is 6.73. The Morgan fingerprint density at radius 2 is 1.73 bits per heavy atom. The van der Waals surface area contributed by atoms with Crippen molar-refractivity contribution in [2.24, 2.45) is 0 Å². The standard InChI is InChI=1S/C11H18ClN3/c1-6(2)7-8(11(3,4)5)14-10(13)15-9(7)12/h6H,1-5H3,(H2,13,14,15). The van der Waals surface area contributed by atoms with E-state index in [9.17, 15) is 0 Å². The second kappa shape index (κ2) is 3.97. The summed E-state index contributed by atoms with van der Waals surface area (Å²) in [6, 6.07) is 0.